The lowest BCUT2D eigenvalue weighted by Crippen LogP contribution is -2.21. The van der Waals surface area contributed by atoms with Gasteiger partial charge in [-0.05, 0) is 24.0 Å². The van der Waals surface area contributed by atoms with Crippen molar-refractivity contribution in [2.75, 3.05) is 0 Å². The molecule has 0 aliphatic heterocycles. The van der Waals surface area contributed by atoms with Crippen molar-refractivity contribution >= 4 is 31.9 Å². The molecule has 21 heavy (non-hydrogen) atoms. The summed E-state index contributed by atoms with van der Waals surface area (Å²) in [5, 5.41) is 0. The largest absolute Gasteiger partial charge is 0.102 e. The highest BCUT2D eigenvalue weighted by molar-refractivity contribution is 9.25. The van der Waals surface area contributed by atoms with Gasteiger partial charge in [-0.25, -0.2) is 0 Å². The minimum Gasteiger partial charge on any atom is -0.0707 e. The molecule has 2 heteroatoms. The van der Waals surface area contributed by atoms with Crippen LogP contribution in [0.15, 0.2) is 60.7 Å². The van der Waals surface area contributed by atoms with E-state index in [0.717, 1.165) is 12.8 Å². The van der Waals surface area contributed by atoms with E-state index in [-0.39, 0.29) is 14.1 Å². The topological polar surface area (TPSA) is 0 Å². The number of alkyl halides is 2. The lowest BCUT2D eigenvalue weighted by Gasteiger charge is -2.24. The van der Waals surface area contributed by atoms with Gasteiger partial charge >= 0.3 is 0 Å². The first kappa shape index (κ1) is 15.3. The quantitative estimate of drug-likeness (QED) is 0.530. The normalized spacial score (nSPS) is 30.1. The zero-order valence-electron chi connectivity index (χ0n) is 12.4. The minimum absolute atomic E-state index is 0.0807. The summed E-state index contributed by atoms with van der Waals surface area (Å²) < 4.78 is -0.0911. The highest BCUT2D eigenvalue weighted by Crippen LogP contribution is 2.82. The third kappa shape index (κ3) is 1.72. The van der Waals surface area contributed by atoms with Gasteiger partial charge in [-0.15, -0.1) is 0 Å². The number of benzene rings is 2. The molecular formula is C19H20Br2. The molecule has 0 unspecified atom stereocenters. The van der Waals surface area contributed by atoms with Gasteiger partial charge in [0.25, 0.3) is 0 Å². The molecule has 0 heterocycles. The predicted molar refractivity (Wildman–Crippen MR) is 97.4 cm³/mol. The Morgan fingerprint density at radius 2 is 1.00 bits per heavy atom. The molecule has 1 saturated carbocycles. The van der Waals surface area contributed by atoms with Gasteiger partial charge in [0.15, 0.2) is 0 Å². The van der Waals surface area contributed by atoms with E-state index in [4.69, 9.17) is 0 Å². The fourth-order valence-corrected chi connectivity index (χ4v) is 7.56. The van der Waals surface area contributed by atoms with Gasteiger partial charge in [-0.3, -0.25) is 0 Å². The second kappa shape index (κ2) is 5.24. The number of rotatable bonds is 4. The molecule has 2 atom stereocenters. The van der Waals surface area contributed by atoms with E-state index in [1.807, 2.05) is 0 Å². The summed E-state index contributed by atoms with van der Waals surface area (Å²) in [6.07, 6.45) is 2.19. The van der Waals surface area contributed by atoms with Gasteiger partial charge < -0.3 is 0 Å². The Balaban J connectivity index is 2.23. The van der Waals surface area contributed by atoms with Crippen LogP contribution in [-0.4, -0.2) is 3.23 Å². The van der Waals surface area contributed by atoms with Crippen molar-refractivity contribution < 1.29 is 0 Å². The summed E-state index contributed by atoms with van der Waals surface area (Å²) in [6.45, 7) is 4.59. The highest BCUT2D eigenvalue weighted by Gasteiger charge is 2.84. The van der Waals surface area contributed by atoms with Crippen LogP contribution in [0.1, 0.15) is 37.8 Å². The maximum absolute atomic E-state index is 4.04. The van der Waals surface area contributed by atoms with Crippen LogP contribution in [0.2, 0.25) is 0 Å². The van der Waals surface area contributed by atoms with Crippen molar-refractivity contribution in [3.8, 4) is 0 Å². The smallest absolute Gasteiger partial charge is 0.0707 e. The Morgan fingerprint density at radius 1 is 0.667 bits per heavy atom. The predicted octanol–water partition coefficient (Wildman–Crippen LogP) is 6.18. The molecule has 0 N–H and O–H groups in total. The molecule has 110 valence electrons. The SMILES string of the molecule is CC[C@]1(c2ccccc2)C(Br)(Br)[C@]1(CC)c1ccccc1. The first-order chi connectivity index (χ1) is 10.1. The third-order valence-corrected chi connectivity index (χ3v) is 8.04. The van der Waals surface area contributed by atoms with Gasteiger partial charge in [0.05, 0.1) is 0 Å². The van der Waals surface area contributed by atoms with Crippen molar-refractivity contribution in [2.24, 2.45) is 0 Å². The molecule has 0 amide bonds. The first-order valence-electron chi connectivity index (χ1n) is 7.57. The zero-order valence-corrected chi connectivity index (χ0v) is 15.6. The number of hydrogen-bond donors (Lipinski definition) is 0. The Bertz CT molecular complexity index is 565. The average molecular weight is 408 g/mol. The van der Waals surface area contributed by atoms with Crippen LogP contribution < -0.4 is 0 Å². The van der Waals surface area contributed by atoms with Crippen LogP contribution in [0.4, 0.5) is 0 Å². The summed E-state index contributed by atoms with van der Waals surface area (Å²) in [6, 6.07) is 21.8. The second-order valence-corrected chi connectivity index (χ2v) is 9.27. The van der Waals surface area contributed by atoms with E-state index < -0.39 is 0 Å². The minimum atomic E-state index is -0.0911. The van der Waals surface area contributed by atoms with E-state index in [1.165, 1.54) is 11.1 Å². The van der Waals surface area contributed by atoms with Crippen LogP contribution in [0.25, 0.3) is 0 Å². The van der Waals surface area contributed by atoms with Gasteiger partial charge in [0.2, 0.25) is 0 Å². The third-order valence-electron chi connectivity index (χ3n) is 5.33. The molecule has 3 rings (SSSR count). The molecule has 0 radical (unpaired) electrons. The van der Waals surface area contributed by atoms with Crippen molar-refractivity contribution in [1.29, 1.82) is 0 Å². The van der Waals surface area contributed by atoms with Crippen LogP contribution in [0.5, 0.6) is 0 Å². The van der Waals surface area contributed by atoms with Crippen LogP contribution >= 0.6 is 31.9 Å². The van der Waals surface area contributed by atoms with E-state index in [2.05, 4.69) is 106 Å². The summed E-state index contributed by atoms with van der Waals surface area (Å²) >= 11 is 8.09. The molecule has 2 aromatic carbocycles. The van der Waals surface area contributed by atoms with Crippen molar-refractivity contribution in [1.82, 2.24) is 0 Å². The molecule has 0 bridgehead atoms. The van der Waals surface area contributed by atoms with E-state index in [1.54, 1.807) is 0 Å². The summed E-state index contributed by atoms with van der Waals surface area (Å²) in [5.41, 5.74) is 2.98. The highest BCUT2D eigenvalue weighted by atomic mass is 79.9. The molecule has 1 aliphatic carbocycles. The molecule has 0 aromatic heterocycles. The van der Waals surface area contributed by atoms with Gasteiger partial charge in [0.1, 0.15) is 3.23 Å². The Labute approximate surface area is 144 Å². The summed E-state index contributed by atoms with van der Waals surface area (Å²) in [4.78, 5) is 0. The number of halogens is 2. The zero-order chi connectivity index (χ0) is 15.1. The van der Waals surface area contributed by atoms with E-state index in [0.29, 0.717) is 0 Å². The van der Waals surface area contributed by atoms with E-state index in [9.17, 15) is 0 Å². The van der Waals surface area contributed by atoms with Crippen LogP contribution in [-0.2, 0) is 10.8 Å². The molecule has 0 spiro atoms. The second-order valence-electron chi connectivity index (χ2n) is 5.82. The maximum atomic E-state index is 4.04. The van der Waals surface area contributed by atoms with Gasteiger partial charge in [-0.2, -0.15) is 0 Å². The van der Waals surface area contributed by atoms with Crippen molar-refractivity contribution in [3.63, 3.8) is 0 Å². The maximum Gasteiger partial charge on any atom is 0.102 e. The van der Waals surface area contributed by atoms with Crippen molar-refractivity contribution in [2.45, 2.75) is 40.8 Å². The standard InChI is InChI=1S/C19H20Br2/c1-3-17(15-11-7-5-8-12-15)18(4-2,19(17,20)21)16-13-9-6-10-14-16/h5-14H,3-4H2,1-2H3/t17-,18-/m1/s1. The van der Waals surface area contributed by atoms with Crippen LogP contribution in [0, 0.1) is 0 Å². The van der Waals surface area contributed by atoms with E-state index >= 15 is 0 Å². The Hall–Kier alpha value is -0.600. The Morgan fingerprint density at radius 3 is 1.29 bits per heavy atom. The fraction of sp³-hybridized carbons (Fsp3) is 0.368. The monoisotopic (exact) mass is 406 g/mol. The average Bonchev–Trinajstić information content (AvgIpc) is 3.00. The fourth-order valence-electron chi connectivity index (χ4n) is 4.36. The number of hydrogen-bond acceptors (Lipinski definition) is 0. The molecule has 1 fully saturated rings. The Kier molecular flexibility index (Phi) is 3.82. The molecule has 0 nitrogen and oxygen atoms in total. The van der Waals surface area contributed by atoms with Crippen LogP contribution in [0.3, 0.4) is 0 Å². The lowest BCUT2D eigenvalue weighted by molar-refractivity contribution is 0.507. The lowest BCUT2D eigenvalue weighted by atomic mass is 9.78. The molecule has 2 aromatic rings. The van der Waals surface area contributed by atoms with Gasteiger partial charge in [-0.1, -0.05) is 106 Å². The molecule has 0 saturated heterocycles. The molecule has 1 aliphatic rings. The van der Waals surface area contributed by atoms with Gasteiger partial charge in [0, 0.05) is 10.8 Å². The molecular weight excluding hydrogens is 388 g/mol. The van der Waals surface area contributed by atoms with Crippen molar-refractivity contribution in [3.05, 3.63) is 71.8 Å². The summed E-state index contributed by atoms with van der Waals surface area (Å²) in [5.74, 6) is 0. The summed E-state index contributed by atoms with van der Waals surface area (Å²) in [7, 11) is 0. The first-order valence-corrected chi connectivity index (χ1v) is 9.16.